The molecule has 3 rings (SSSR count). The number of aliphatic hydroxyl groups is 1. The van der Waals surface area contributed by atoms with Crippen molar-refractivity contribution in [3.8, 4) is 17.1 Å². The largest absolute Gasteiger partial charge is 0.481 e. The highest BCUT2D eigenvalue weighted by Gasteiger charge is 2.19. The predicted octanol–water partition coefficient (Wildman–Crippen LogP) is 1.79. The number of nitrogens with zero attached hydrogens (tertiary/aromatic N) is 2. The molecule has 0 saturated heterocycles. The van der Waals surface area contributed by atoms with Crippen molar-refractivity contribution in [3.63, 3.8) is 0 Å². The van der Waals surface area contributed by atoms with Crippen LogP contribution >= 0.6 is 0 Å². The Hall–Kier alpha value is -2.14. The van der Waals surface area contributed by atoms with E-state index in [0.29, 0.717) is 12.4 Å². The molecule has 0 spiro atoms. The first-order valence-electron chi connectivity index (χ1n) is 7.62. The van der Waals surface area contributed by atoms with E-state index in [1.54, 1.807) is 4.57 Å². The Kier molecular flexibility index (Phi) is 4.24. The van der Waals surface area contributed by atoms with Crippen LogP contribution in [-0.2, 0) is 19.4 Å². The Balaban J connectivity index is 1.97. The van der Waals surface area contributed by atoms with Crippen LogP contribution in [0.15, 0.2) is 29.1 Å². The van der Waals surface area contributed by atoms with Crippen LogP contribution < -0.4 is 10.4 Å². The zero-order chi connectivity index (χ0) is 15.5. The van der Waals surface area contributed by atoms with Gasteiger partial charge < -0.3 is 9.84 Å². The maximum absolute atomic E-state index is 12.0. The lowest BCUT2D eigenvalue weighted by atomic mass is 9.94. The number of ether oxygens (including phenoxy) is 1. The fourth-order valence-electron chi connectivity index (χ4n) is 2.96. The number of benzene rings is 1. The standard InChI is InChI=1S/C17H20N2O3/c1-22-16-11-15-14-6-5-12(4-2-3-9-20)10-13(14)7-8-19(15)17(21)18-16/h5-6,10-11,20H,2-4,7-9H2,1H3. The number of hydrogen-bond donors (Lipinski definition) is 1. The van der Waals surface area contributed by atoms with Crippen molar-refractivity contribution in [1.29, 1.82) is 0 Å². The number of methoxy groups -OCH3 is 1. The van der Waals surface area contributed by atoms with E-state index in [9.17, 15) is 4.79 Å². The van der Waals surface area contributed by atoms with Crippen molar-refractivity contribution in [3.05, 3.63) is 45.9 Å². The average molecular weight is 300 g/mol. The molecule has 0 radical (unpaired) electrons. The SMILES string of the molecule is COc1cc2n(c(=O)n1)CCc1cc(CCCCO)ccc1-2. The van der Waals surface area contributed by atoms with Gasteiger partial charge in [0.2, 0.25) is 5.88 Å². The second-order valence-electron chi connectivity index (χ2n) is 5.54. The molecule has 0 atom stereocenters. The van der Waals surface area contributed by atoms with Crippen molar-refractivity contribution in [2.45, 2.75) is 32.2 Å². The van der Waals surface area contributed by atoms with E-state index in [4.69, 9.17) is 9.84 Å². The number of hydrogen-bond acceptors (Lipinski definition) is 4. The van der Waals surface area contributed by atoms with Gasteiger partial charge in [-0.1, -0.05) is 18.2 Å². The molecule has 1 aromatic carbocycles. The van der Waals surface area contributed by atoms with E-state index < -0.39 is 0 Å². The Labute approximate surface area is 129 Å². The molecule has 5 nitrogen and oxygen atoms in total. The Morgan fingerprint density at radius 3 is 2.95 bits per heavy atom. The summed E-state index contributed by atoms with van der Waals surface area (Å²) in [7, 11) is 1.52. The molecule has 0 fully saturated rings. The summed E-state index contributed by atoms with van der Waals surface area (Å²) in [5, 5.41) is 8.87. The third-order valence-corrected chi connectivity index (χ3v) is 4.12. The summed E-state index contributed by atoms with van der Waals surface area (Å²) in [6, 6.07) is 8.22. The minimum atomic E-state index is -0.257. The smallest absolute Gasteiger partial charge is 0.351 e. The molecular weight excluding hydrogens is 280 g/mol. The third kappa shape index (κ3) is 2.76. The molecular formula is C17H20N2O3. The van der Waals surface area contributed by atoms with Gasteiger partial charge in [0.1, 0.15) is 0 Å². The van der Waals surface area contributed by atoms with Gasteiger partial charge in [0.05, 0.1) is 12.8 Å². The fraction of sp³-hybridized carbons (Fsp3) is 0.412. The number of aryl methyl sites for hydroxylation is 2. The molecule has 1 N–H and O–H groups in total. The van der Waals surface area contributed by atoms with Crippen LogP contribution in [0.2, 0.25) is 0 Å². The molecule has 2 heterocycles. The van der Waals surface area contributed by atoms with Crippen LogP contribution in [0.25, 0.3) is 11.3 Å². The van der Waals surface area contributed by atoms with Crippen LogP contribution in [0.5, 0.6) is 5.88 Å². The predicted molar refractivity (Wildman–Crippen MR) is 84.2 cm³/mol. The van der Waals surface area contributed by atoms with E-state index in [0.717, 1.165) is 36.9 Å². The molecule has 116 valence electrons. The third-order valence-electron chi connectivity index (χ3n) is 4.12. The molecule has 0 saturated carbocycles. The van der Waals surface area contributed by atoms with Crippen molar-refractivity contribution in [1.82, 2.24) is 9.55 Å². The van der Waals surface area contributed by atoms with Crippen LogP contribution in [0, 0.1) is 0 Å². The molecule has 1 aliphatic rings. The fourth-order valence-corrected chi connectivity index (χ4v) is 2.96. The van der Waals surface area contributed by atoms with Crippen LogP contribution in [0.4, 0.5) is 0 Å². The lowest BCUT2D eigenvalue weighted by molar-refractivity contribution is 0.284. The summed E-state index contributed by atoms with van der Waals surface area (Å²) in [5.41, 5.74) is 4.24. The molecule has 5 heteroatoms. The normalized spacial score (nSPS) is 12.6. The highest BCUT2D eigenvalue weighted by Crippen LogP contribution is 2.30. The average Bonchev–Trinajstić information content (AvgIpc) is 2.54. The lowest BCUT2D eigenvalue weighted by Gasteiger charge is -2.22. The quantitative estimate of drug-likeness (QED) is 0.855. The highest BCUT2D eigenvalue weighted by atomic mass is 16.5. The van der Waals surface area contributed by atoms with Gasteiger partial charge >= 0.3 is 5.69 Å². The summed E-state index contributed by atoms with van der Waals surface area (Å²) in [5.74, 6) is 0.358. The van der Waals surface area contributed by atoms with E-state index >= 15 is 0 Å². The number of rotatable bonds is 5. The monoisotopic (exact) mass is 300 g/mol. The minimum Gasteiger partial charge on any atom is -0.481 e. The maximum Gasteiger partial charge on any atom is 0.351 e. The molecule has 1 aliphatic heterocycles. The van der Waals surface area contributed by atoms with Gasteiger partial charge in [-0.2, -0.15) is 4.98 Å². The summed E-state index contributed by atoms with van der Waals surface area (Å²) < 4.78 is 6.82. The molecule has 0 bridgehead atoms. The van der Waals surface area contributed by atoms with Gasteiger partial charge in [0.25, 0.3) is 0 Å². The van der Waals surface area contributed by atoms with Crippen LogP contribution in [-0.4, -0.2) is 28.4 Å². The zero-order valence-electron chi connectivity index (χ0n) is 12.7. The summed E-state index contributed by atoms with van der Waals surface area (Å²) in [6.07, 6.45) is 3.63. The van der Waals surface area contributed by atoms with E-state index in [1.165, 1.54) is 18.2 Å². The minimum absolute atomic E-state index is 0.244. The first-order valence-corrected chi connectivity index (χ1v) is 7.62. The Morgan fingerprint density at radius 2 is 2.18 bits per heavy atom. The molecule has 2 aromatic rings. The van der Waals surface area contributed by atoms with Gasteiger partial charge in [-0.3, -0.25) is 4.57 Å². The summed E-state index contributed by atoms with van der Waals surface area (Å²) in [6.45, 7) is 0.895. The highest BCUT2D eigenvalue weighted by molar-refractivity contribution is 5.67. The van der Waals surface area contributed by atoms with Gasteiger partial charge in [0.15, 0.2) is 0 Å². The van der Waals surface area contributed by atoms with Gasteiger partial charge in [-0.15, -0.1) is 0 Å². The molecule has 1 aromatic heterocycles. The van der Waals surface area contributed by atoms with Crippen LogP contribution in [0.3, 0.4) is 0 Å². The number of fused-ring (bicyclic) bond motifs is 3. The van der Waals surface area contributed by atoms with E-state index in [1.807, 2.05) is 6.07 Å². The maximum atomic E-state index is 12.0. The summed E-state index contributed by atoms with van der Waals surface area (Å²) in [4.78, 5) is 15.9. The van der Waals surface area contributed by atoms with Gasteiger partial charge in [-0.05, 0) is 36.8 Å². The number of unbranched alkanes of at least 4 members (excludes halogenated alkanes) is 1. The first-order chi connectivity index (χ1) is 10.7. The van der Waals surface area contributed by atoms with Crippen molar-refractivity contribution < 1.29 is 9.84 Å². The number of aliphatic hydroxyl groups excluding tert-OH is 1. The second-order valence-corrected chi connectivity index (χ2v) is 5.54. The molecule has 0 aliphatic carbocycles. The summed E-state index contributed by atoms with van der Waals surface area (Å²) >= 11 is 0. The van der Waals surface area contributed by atoms with Crippen molar-refractivity contribution in [2.75, 3.05) is 13.7 Å². The van der Waals surface area contributed by atoms with Gasteiger partial charge in [-0.25, -0.2) is 4.79 Å². The molecule has 0 amide bonds. The van der Waals surface area contributed by atoms with Gasteiger partial charge in [0, 0.05) is 24.8 Å². The molecule has 0 unspecified atom stereocenters. The first kappa shape index (κ1) is 14.8. The van der Waals surface area contributed by atoms with E-state index in [-0.39, 0.29) is 12.3 Å². The van der Waals surface area contributed by atoms with E-state index in [2.05, 4.69) is 23.2 Å². The van der Waals surface area contributed by atoms with Crippen LogP contribution in [0.1, 0.15) is 24.0 Å². The lowest BCUT2D eigenvalue weighted by Crippen LogP contribution is -2.28. The second kappa shape index (κ2) is 6.32. The van der Waals surface area contributed by atoms with Crippen molar-refractivity contribution >= 4 is 0 Å². The van der Waals surface area contributed by atoms with Crippen molar-refractivity contribution in [2.24, 2.45) is 0 Å². The zero-order valence-corrected chi connectivity index (χ0v) is 12.7. The molecule has 22 heavy (non-hydrogen) atoms. The Bertz CT molecular complexity index is 737. The topological polar surface area (TPSA) is 64.4 Å². The number of aromatic nitrogens is 2. The Morgan fingerprint density at radius 1 is 1.32 bits per heavy atom.